The van der Waals surface area contributed by atoms with Crippen molar-refractivity contribution in [2.75, 3.05) is 0 Å². The number of hydrogen-bond acceptors (Lipinski definition) is 3. The van der Waals surface area contributed by atoms with Crippen molar-refractivity contribution < 1.29 is 14.3 Å². The number of aryl methyl sites for hydroxylation is 2. The van der Waals surface area contributed by atoms with E-state index in [1.54, 1.807) is 0 Å². The highest BCUT2D eigenvalue weighted by molar-refractivity contribution is 5.83. The number of rotatable bonds is 4. The molecule has 82 valence electrons. The van der Waals surface area contributed by atoms with Gasteiger partial charge in [0.15, 0.2) is 5.89 Å². The highest BCUT2D eigenvalue weighted by Gasteiger charge is 2.09. The topological polar surface area (TPSA) is 63.3 Å². The lowest BCUT2D eigenvalue weighted by atomic mass is 10.1. The van der Waals surface area contributed by atoms with Gasteiger partial charge >= 0.3 is 5.97 Å². The quantitative estimate of drug-likeness (QED) is 0.852. The third-order valence-corrected chi connectivity index (χ3v) is 2.23. The van der Waals surface area contributed by atoms with Crippen LogP contribution in [-0.2, 0) is 12.8 Å². The van der Waals surface area contributed by atoms with Crippen LogP contribution in [0.5, 0.6) is 0 Å². The third kappa shape index (κ3) is 2.48. The maximum Gasteiger partial charge on any atom is 0.373 e. The summed E-state index contributed by atoms with van der Waals surface area (Å²) in [5, 5.41) is 8.65. The number of nitrogens with zero attached hydrogens (tertiary/aromatic N) is 1. The summed E-state index contributed by atoms with van der Waals surface area (Å²) >= 11 is 0. The van der Waals surface area contributed by atoms with E-state index < -0.39 is 5.97 Å². The molecule has 0 spiro atoms. The Hall–Kier alpha value is -2.10. The Labute approximate surface area is 92.6 Å². The van der Waals surface area contributed by atoms with E-state index >= 15 is 0 Å². The number of oxazole rings is 1. The van der Waals surface area contributed by atoms with Gasteiger partial charge in [0.25, 0.3) is 0 Å². The second-order valence-electron chi connectivity index (χ2n) is 3.41. The molecule has 0 atom stereocenters. The van der Waals surface area contributed by atoms with Crippen molar-refractivity contribution in [3.05, 3.63) is 53.7 Å². The Morgan fingerprint density at radius 3 is 2.62 bits per heavy atom. The summed E-state index contributed by atoms with van der Waals surface area (Å²) < 4.78 is 5.06. The van der Waals surface area contributed by atoms with Crippen LogP contribution in [-0.4, -0.2) is 16.1 Å². The number of benzene rings is 1. The number of aromatic nitrogens is 1. The molecule has 0 unspecified atom stereocenters. The van der Waals surface area contributed by atoms with Gasteiger partial charge in [-0.05, 0) is 12.0 Å². The SMILES string of the molecule is O=C(O)c1cnc(CCc2ccccc2)o1. The van der Waals surface area contributed by atoms with Crippen LogP contribution in [0.2, 0.25) is 0 Å². The molecular weight excluding hydrogens is 206 g/mol. The summed E-state index contributed by atoms with van der Waals surface area (Å²) in [4.78, 5) is 14.5. The highest BCUT2D eigenvalue weighted by Crippen LogP contribution is 2.08. The minimum absolute atomic E-state index is 0.108. The van der Waals surface area contributed by atoms with Gasteiger partial charge in [-0.15, -0.1) is 0 Å². The fraction of sp³-hybridized carbons (Fsp3) is 0.167. The summed E-state index contributed by atoms with van der Waals surface area (Å²) in [6.07, 6.45) is 2.64. The maximum absolute atomic E-state index is 10.6. The number of carbonyl (C=O) groups is 1. The van der Waals surface area contributed by atoms with Gasteiger partial charge in [-0.3, -0.25) is 0 Å². The second-order valence-corrected chi connectivity index (χ2v) is 3.41. The molecule has 1 heterocycles. The van der Waals surface area contributed by atoms with Crippen molar-refractivity contribution in [1.82, 2.24) is 4.98 Å². The van der Waals surface area contributed by atoms with Crippen LogP contribution in [0.4, 0.5) is 0 Å². The molecule has 0 saturated carbocycles. The molecule has 0 bridgehead atoms. The van der Waals surface area contributed by atoms with Gasteiger partial charge < -0.3 is 9.52 Å². The Bertz CT molecular complexity index is 476. The van der Waals surface area contributed by atoms with E-state index in [1.165, 1.54) is 11.8 Å². The van der Waals surface area contributed by atoms with Gasteiger partial charge in [0.05, 0.1) is 6.20 Å². The number of carboxylic acid groups (broad SMARTS) is 1. The minimum atomic E-state index is -1.08. The molecule has 0 aliphatic heterocycles. The fourth-order valence-corrected chi connectivity index (χ4v) is 1.42. The van der Waals surface area contributed by atoms with E-state index in [0.29, 0.717) is 12.3 Å². The Morgan fingerprint density at radius 2 is 2.00 bits per heavy atom. The predicted octanol–water partition coefficient (Wildman–Crippen LogP) is 2.16. The van der Waals surface area contributed by atoms with Crippen LogP contribution in [0.25, 0.3) is 0 Å². The van der Waals surface area contributed by atoms with Gasteiger partial charge in [-0.2, -0.15) is 0 Å². The highest BCUT2D eigenvalue weighted by atomic mass is 16.4. The number of carboxylic acids is 1. The van der Waals surface area contributed by atoms with Crippen molar-refractivity contribution >= 4 is 5.97 Å². The zero-order valence-corrected chi connectivity index (χ0v) is 8.59. The normalized spacial score (nSPS) is 10.2. The summed E-state index contributed by atoms with van der Waals surface area (Å²) in [6.45, 7) is 0. The fourth-order valence-electron chi connectivity index (χ4n) is 1.42. The summed E-state index contributed by atoms with van der Waals surface area (Å²) in [6, 6.07) is 9.92. The zero-order valence-electron chi connectivity index (χ0n) is 8.59. The van der Waals surface area contributed by atoms with Crippen LogP contribution in [0, 0.1) is 0 Å². The van der Waals surface area contributed by atoms with Gasteiger partial charge in [0.2, 0.25) is 5.76 Å². The van der Waals surface area contributed by atoms with E-state index in [9.17, 15) is 4.79 Å². The molecule has 1 aromatic heterocycles. The van der Waals surface area contributed by atoms with Gasteiger partial charge in [0.1, 0.15) is 0 Å². The van der Waals surface area contributed by atoms with Crippen LogP contribution in [0.15, 0.2) is 40.9 Å². The van der Waals surface area contributed by atoms with E-state index in [1.807, 2.05) is 30.3 Å². The first-order chi connectivity index (χ1) is 7.75. The lowest BCUT2D eigenvalue weighted by Crippen LogP contribution is -1.93. The zero-order chi connectivity index (χ0) is 11.4. The molecule has 4 heteroatoms. The molecule has 1 N–H and O–H groups in total. The first kappa shape index (κ1) is 10.4. The first-order valence-corrected chi connectivity index (χ1v) is 4.97. The van der Waals surface area contributed by atoms with Gasteiger partial charge in [-0.1, -0.05) is 30.3 Å². The molecule has 0 radical (unpaired) electrons. The number of aromatic carboxylic acids is 1. The van der Waals surface area contributed by atoms with E-state index in [0.717, 1.165) is 6.42 Å². The first-order valence-electron chi connectivity index (χ1n) is 4.97. The average molecular weight is 217 g/mol. The van der Waals surface area contributed by atoms with E-state index in [4.69, 9.17) is 9.52 Å². The summed E-state index contributed by atoms with van der Waals surface area (Å²) in [5.41, 5.74) is 1.18. The maximum atomic E-state index is 10.6. The van der Waals surface area contributed by atoms with E-state index in [-0.39, 0.29) is 5.76 Å². The Kier molecular flexibility index (Phi) is 3.00. The molecule has 16 heavy (non-hydrogen) atoms. The van der Waals surface area contributed by atoms with Crippen molar-refractivity contribution in [3.8, 4) is 0 Å². The molecule has 0 aliphatic rings. The summed E-state index contributed by atoms with van der Waals surface area (Å²) in [5.74, 6) is -0.734. The molecule has 2 aromatic rings. The second kappa shape index (κ2) is 4.61. The van der Waals surface area contributed by atoms with Crippen molar-refractivity contribution in [3.63, 3.8) is 0 Å². The minimum Gasteiger partial charge on any atom is -0.475 e. The lowest BCUT2D eigenvalue weighted by molar-refractivity contribution is 0.0660. The van der Waals surface area contributed by atoms with Crippen molar-refractivity contribution in [2.24, 2.45) is 0 Å². The standard InChI is InChI=1S/C12H11NO3/c14-12(15)10-8-13-11(16-10)7-6-9-4-2-1-3-5-9/h1-5,8H,6-7H2,(H,14,15). The lowest BCUT2D eigenvalue weighted by Gasteiger charge is -1.97. The Balaban J connectivity index is 1.97. The Morgan fingerprint density at radius 1 is 1.25 bits per heavy atom. The van der Waals surface area contributed by atoms with Crippen molar-refractivity contribution in [2.45, 2.75) is 12.8 Å². The largest absolute Gasteiger partial charge is 0.475 e. The van der Waals surface area contributed by atoms with Gasteiger partial charge in [0, 0.05) is 6.42 Å². The van der Waals surface area contributed by atoms with Crippen LogP contribution in [0.3, 0.4) is 0 Å². The van der Waals surface area contributed by atoms with Crippen molar-refractivity contribution in [1.29, 1.82) is 0 Å². The average Bonchev–Trinajstić information content (AvgIpc) is 2.76. The molecule has 0 saturated heterocycles. The van der Waals surface area contributed by atoms with E-state index in [2.05, 4.69) is 4.98 Å². The van der Waals surface area contributed by atoms with Gasteiger partial charge in [-0.25, -0.2) is 9.78 Å². The molecule has 2 rings (SSSR count). The smallest absolute Gasteiger partial charge is 0.373 e. The number of hydrogen-bond donors (Lipinski definition) is 1. The monoisotopic (exact) mass is 217 g/mol. The molecule has 0 aliphatic carbocycles. The van der Waals surface area contributed by atoms with Crippen LogP contribution in [0.1, 0.15) is 22.0 Å². The molecule has 1 aromatic carbocycles. The molecular formula is C12H11NO3. The van der Waals surface area contributed by atoms with Crippen LogP contribution >= 0.6 is 0 Å². The molecule has 0 fully saturated rings. The third-order valence-electron chi connectivity index (χ3n) is 2.23. The molecule has 0 amide bonds. The predicted molar refractivity (Wildman–Crippen MR) is 57.3 cm³/mol. The van der Waals surface area contributed by atoms with Crippen LogP contribution < -0.4 is 0 Å². The molecule has 4 nitrogen and oxygen atoms in total. The summed E-state index contributed by atoms with van der Waals surface area (Å²) in [7, 11) is 0.